The van der Waals surface area contributed by atoms with Crippen LogP contribution in [0.15, 0.2) is 60.9 Å². The smallest absolute Gasteiger partial charge is 0.137 e. The number of pyridine rings is 2. The van der Waals surface area contributed by atoms with Crippen LogP contribution in [-0.4, -0.2) is 39.0 Å². The van der Waals surface area contributed by atoms with Crippen LogP contribution in [0.1, 0.15) is 37.7 Å². The SMILES string of the molecule is Fc1ccc(CN2CCC(C3CCC(Nc4cc(-c5c[nH]c6ncccc56)cc(Cl)n4)CC3)C2)cc1. The van der Waals surface area contributed by atoms with E-state index in [4.69, 9.17) is 11.6 Å². The third-order valence-corrected chi connectivity index (χ3v) is 8.17. The number of aromatic nitrogens is 3. The van der Waals surface area contributed by atoms with Gasteiger partial charge in [-0.1, -0.05) is 23.7 Å². The number of fused-ring (bicyclic) bond motifs is 1. The number of nitrogens with one attached hydrogen (secondary N) is 2. The number of benzene rings is 1. The van der Waals surface area contributed by atoms with Crippen LogP contribution in [0, 0.1) is 17.7 Å². The number of likely N-dealkylation sites (tertiary alicyclic amines) is 1. The topological polar surface area (TPSA) is 56.8 Å². The van der Waals surface area contributed by atoms with Gasteiger partial charge in [-0.2, -0.15) is 0 Å². The molecular weight excluding hydrogens is 473 g/mol. The van der Waals surface area contributed by atoms with Crippen molar-refractivity contribution in [2.45, 2.75) is 44.7 Å². The third kappa shape index (κ3) is 5.11. The molecule has 1 aromatic carbocycles. The van der Waals surface area contributed by atoms with Crippen LogP contribution < -0.4 is 5.32 Å². The Hall–Kier alpha value is -2.96. The van der Waals surface area contributed by atoms with Crippen LogP contribution in [-0.2, 0) is 6.54 Å². The highest BCUT2D eigenvalue weighted by atomic mass is 35.5. The fourth-order valence-electron chi connectivity index (χ4n) is 6.10. The summed E-state index contributed by atoms with van der Waals surface area (Å²) >= 11 is 6.42. The van der Waals surface area contributed by atoms with Gasteiger partial charge in [-0.05, 0) is 98.0 Å². The van der Waals surface area contributed by atoms with E-state index < -0.39 is 0 Å². The van der Waals surface area contributed by atoms with Crippen molar-refractivity contribution < 1.29 is 4.39 Å². The molecule has 4 heterocycles. The first-order chi connectivity index (χ1) is 17.6. The normalized spacial score (nSPS) is 22.8. The molecule has 0 bridgehead atoms. The quantitative estimate of drug-likeness (QED) is 0.281. The van der Waals surface area contributed by atoms with Crippen LogP contribution in [0.3, 0.4) is 0 Å². The van der Waals surface area contributed by atoms with Crippen LogP contribution in [0.25, 0.3) is 22.2 Å². The molecule has 2 N–H and O–H groups in total. The molecule has 2 fully saturated rings. The summed E-state index contributed by atoms with van der Waals surface area (Å²) in [4.78, 5) is 14.7. The first kappa shape index (κ1) is 23.4. The molecule has 4 aromatic rings. The van der Waals surface area contributed by atoms with Crippen molar-refractivity contribution in [3.63, 3.8) is 0 Å². The average molecular weight is 504 g/mol. The monoisotopic (exact) mass is 503 g/mol. The summed E-state index contributed by atoms with van der Waals surface area (Å²) in [6, 6.07) is 15.4. The van der Waals surface area contributed by atoms with Gasteiger partial charge in [0.1, 0.15) is 22.4 Å². The molecule has 3 aromatic heterocycles. The lowest BCUT2D eigenvalue weighted by molar-refractivity contribution is 0.227. The minimum absolute atomic E-state index is 0.164. The minimum atomic E-state index is -0.164. The minimum Gasteiger partial charge on any atom is -0.367 e. The summed E-state index contributed by atoms with van der Waals surface area (Å²) in [6.45, 7) is 3.21. The molecule has 7 heteroatoms. The van der Waals surface area contributed by atoms with E-state index in [1.807, 2.05) is 30.5 Å². The molecule has 1 atom stereocenters. The highest BCUT2D eigenvalue weighted by Gasteiger charge is 2.32. The van der Waals surface area contributed by atoms with Crippen molar-refractivity contribution in [2.75, 3.05) is 18.4 Å². The molecule has 0 amide bonds. The van der Waals surface area contributed by atoms with Crippen molar-refractivity contribution in [1.29, 1.82) is 0 Å². The van der Waals surface area contributed by atoms with Gasteiger partial charge in [-0.25, -0.2) is 14.4 Å². The van der Waals surface area contributed by atoms with E-state index in [0.717, 1.165) is 72.3 Å². The maximum Gasteiger partial charge on any atom is 0.137 e. The first-order valence-corrected chi connectivity index (χ1v) is 13.3. The van der Waals surface area contributed by atoms with Gasteiger partial charge in [0.05, 0.1) is 0 Å². The Morgan fingerprint density at radius 2 is 1.86 bits per heavy atom. The van der Waals surface area contributed by atoms with Crippen LogP contribution in [0.5, 0.6) is 0 Å². The van der Waals surface area contributed by atoms with Gasteiger partial charge in [-0.3, -0.25) is 4.90 Å². The summed E-state index contributed by atoms with van der Waals surface area (Å²) in [6.07, 6.45) is 9.84. The molecule has 0 spiro atoms. The van der Waals surface area contributed by atoms with E-state index in [1.54, 1.807) is 18.3 Å². The molecule has 6 rings (SSSR count). The van der Waals surface area contributed by atoms with Gasteiger partial charge in [0.15, 0.2) is 0 Å². The number of H-pyrrole nitrogens is 1. The number of anilines is 1. The fraction of sp³-hybridized carbons (Fsp3) is 0.379. The summed E-state index contributed by atoms with van der Waals surface area (Å²) in [5.41, 5.74) is 4.19. The summed E-state index contributed by atoms with van der Waals surface area (Å²) < 4.78 is 13.2. The van der Waals surface area contributed by atoms with Crippen molar-refractivity contribution >= 4 is 28.5 Å². The predicted octanol–water partition coefficient (Wildman–Crippen LogP) is 6.91. The highest BCUT2D eigenvalue weighted by molar-refractivity contribution is 6.29. The summed E-state index contributed by atoms with van der Waals surface area (Å²) in [7, 11) is 0. The second-order valence-corrected chi connectivity index (χ2v) is 10.7. The van der Waals surface area contributed by atoms with Crippen LogP contribution in [0.4, 0.5) is 10.2 Å². The molecule has 1 aliphatic heterocycles. The molecule has 1 saturated carbocycles. The molecule has 2 aliphatic rings. The van der Waals surface area contributed by atoms with E-state index in [-0.39, 0.29) is 5.82 Å². The first-order valence-electron chi connectivity index (χ1n) is 12.9. The summed E-state index contributed by atoms with van der Waals surface area (Å²) in [5.74, 6) is 2.22. The molecule has 186 valence electrons. The maximum absolute atomic E-state index is 13.2. The van der Waals surface area contributed by atoms with Crippen LogP contribution >= 0.6 is 11.6 Å². The number of rotatable bonds is 6. The molecule has 5 nitrogen and oxygen atoms in total. The number of aromatic amines is 1. The van der Waals surface area contributed by atoms with Gasteiger partial charge in [-0.15, -0.1) is 0 Å². The third-order valence-electron chi connectivity index (χ3n) is 7.97. The zero-order valence-electron chi connectivity index (χ0n) is 20.3. The Morgan fingerprint density at radius 3 is 2.69 bits per heavy atom. The zero-order chi connectivity index (χ0) is 24.5. The molecular formula is C29H31ClFN5. The zero-order valence-corrected chi connectivity index (χ0v) is 21.0. The van der Waals surface area contributed by atoms with Crippen molar-refractivity contribution in [3.8, 4) is 11.1 Å². The molecule has 1 aliphatic carbocycles. The Labute approximate surface area is 216 Å². The van der Waals surface area contributed by atoms with Crippen LogP contribution in [0.2, 0.25) is 5.15 Å². The van der Waals surface area contributed by atoms with Gasteiger partial charge in [0, 0.05) is 42.5 Å². The van der Waals surface area contributed by atoms with Crippen molar-refractivity contribution in [2.24, 2.45) is 11.8 Å². The number of nitrogens with zero attached hydrogens (tertiary/aromatic N) is 3. The fourth-order valence-corrected chi connectivity index (χ4v) is 6.31. The lowest BCUT2D eigenvalue weighted by Crippen LogP contribution is -2.30. The average Bonchev–Trinajstić information content (AvgIpc) is 3.53. The molecule has 36 heavy (non-hydrogen) atoms. The van der Waals surface area contributed by atoms with E-state index in [2.05, 4.69) is 37.3 Å². The van der Waals surface area contributed by atoms with E-state index in [1.165, 1.54) is 24.8 Å². The standard InChI is InChI=1S/C29H31ClFN5/c30-27-14-22(26-16-33-29-25(26)2-1-12-32-29)15-28(35-27)34-24-9-5-20(6-10-24)21-11-13-36(18-21)17-19-3-7-23(31)8-4-19/h1-4,7-8,12,14-16,20-21,24H,5-6,9-11,13,17-18H2,(H,32,33)(H,34,35). The Balaban J connectivity index is 1.05. The second kappa shape index (κ2) is 10.2. The van der Waals surface area contributed by atoms with E-state index >= 15 is 0 Å². The van der Waals surface area contributed by atoms with Gasteiger partial charge in [0.25, 0.3) is 0 Å². The Kier molecular flexibility index (Phi) is 6.63. The van der Waals surface area contributed by atoms with Gasteiger partial charge in [0.2, 0.25) is 0 Å². The maximum atomic E-state index is 13.2. The number of halogens is 2. The predicted molar refractivity (Wildman–Crippen MR) is 143 cm³/mol. The number of hydrogen-bond acceptors (Lipinski definition) is 4. The Morgan fingerprint density at radius 1 is 1.03 bits per heavy atom. The van der Waals surface area contributed by atoms with E-state index in [0.29, 0.717) is 11.2 Å². The molecule has 0 radical (unpaired) electrons. The van der Waals surface area contributed by atoms with Gasteiger partial charge < -0.3 is 10.3 Å². The lowest BCUT2D eigenvalue weighted by atomic mass is 9.78. The highest BCUT2D eigenvalue weighted by Crippen LogP contribution is 2.37. The summed E-state index contributed by atoms with van der Waals surface area (Å²) in [5, 5.41) is 5.24. The van der Waals surface area contributed by atoms with Crippen molar-refractivity contribution in [3.05, 3.63) is 77.5 Å². The van der Waals surface area contributed by atoms with Crippen molar-refractivity contribution in [1.82, 2.24) is 19.9 Å². The van der Waals surface area contributed by atoms with E-state index in [9.17, 15) is 4.39 Å². The van der Waals surface area contributed by atoms with Gasteiger partial charge >= 0.3 is 0 Å². The molecule has 1 saturated heterocycles. The number of hydrogen-bond donors (Lipinski definition) is 2. The second-order valence-electron chi connectivity index (χ2n) is 10.3. The molecule has 1 unspecified atom stereocenters. The lowest BCUT2D eigenvalue weighted by Gasteiger charge is -2.33. The largest absolute Gasteiger partial charge is 0.367 e. The Bertz CT molecular complexity index is 1330.